The molecule has 0 spiro atoms. The Labute approximate surface area is 142 Å². The summed E-state index contributed by atoms with van der Waals surface area (Å²) in [5.41, 5.74) is 0. The van der Waals surface area contributed by atoms with Crippen molar-refractivity contribution in [2.75, 3.05) is 32.8 Å². The lowest BCUT2D eigenvalue weighted by Gasteiger charge is -2.27. The third-order valence-electron chi connectivity index (χ3n) is 5.61. The van der Waals surface area contributed by atoms with E-state index in [-0.39, 0.29) is 24.2 Å². The molecule has 4 atom stereocenters. The first-order valence-electron chi connectivity index (χ1n) is 8.97. The summed E-state index contributed by atoms with van der Waals surface area (Å²) in [5, 5.41) is 11.1. The molecule has 4 heterocycles. The summed E-state index contributed by atoms with van der Waals surface area (Å²) in [7, 11) is 0. The van der Waals surface area contributed by atoms with Gasteiger partial charge in [-0.05, 0) is 39.3 Å². The van der Waals surface area contributed by atoms with E-state index in [1.165, 1.54) is 25.9 Å². The van der Waals surface area contributed by atoms with E-state index < -0.39 is 0 Å². The molecule has 0 bridgehead atoms. The summed E-state index contributed by atoms with van der Waals surface area (Å²) < 4.78 is 7.33. The van der Waals surface area contributed by atoms with E-state index in [2.05, 4.69) is 27.5 Å². The second kappa shape index (κ2) is 6.68. The van der Waals surface area contributed by atoms with Gasteiger partial charge in [0.05, 0.1) is 31.5 Å². The summed E-state index contributed by atoms with van der Waals surface area (Å²) >= 11 is 0. The highest BCUT2D eigenvalue weighted by atomic mass is 16.5. The van der Waals surface area contributed by atoms with Gasteiger partial charge < -0.3 is 15.0 Å². The van der Waals surface area contributed by atoms with Gasteiger partial charge >= 0.3 is 6.03 Å². The molecule has 0 saturated carbocycles. The number of carbonyl (C=O) groups is 1. The standard InChI is InChI=1S/C16H26N6O2/c1-12-8-13(20-5-2-3-6-20)9-21(12)16(23)18-14-10-24-11-15(14)22-7-4-17-19-22/h4,7,12-15H,2-3,5-6,8-11H2,1H3,(H,18,23)/t12?,13?,14-,15+/m0/s1. The molecule has 8 heteroatoms. The predicted molar refractivity (Wildman–Crippen MR) is 87.6 cm³/mol. The second-order valence-electron chi connectivity index (χ2n) is 7.18. The van der Waals surface area contributed by atoms with Crippen molar-refractivity contribution in [2.24, 2.45) is 0 Å². The Morgan fingerprint density at radius 3 is 2.88 bits per heavy atom. The monoisotopic (exact) mass is 334 g/mol. The van der Waals surface area contributed by atoms with Crippen LogP contribution in [-0.2, 0) is 4.74 Å². The number of hydrogen-bond acceptors (Lipinski definition) is 5. The Morgan fingerprint density at radius 2 is 2.12 bits per heavy atom. The predicted octanol–water partition coefficient (Wildman–Crippen LogP) is 0.486. The van der Waals surface area contributed by atoms with E-state index >= 15 is 0 Å². The summed E-state index contributed by atoms with van der Waals surface area (Å²) in [4.78, 5) is 17.3. The Kier molecular flexibility index (Phi) is 4.41. The van der Waals surface area contributed by atoms with Crippen LogP contribution in [0.2, 0.25) is 0 Å². The third kappa shape index (κ3) is 3.00. The van der Waals surface area contributed by atoms with Gasteiger partial charge in [-0.25, -0.2) is 9.48 Å². The molecule has 8 nitrogen and oxygen atoms in total. The minimum atomic E-state index is -0.0581. The number of likely N-dealkylation sites (tertiary alicyclic amines) is 2. The highest BCUT2D eigenvalue weighted by molar-refractivity contribution is 5.75. The van der Waals surface area contributed by atoms with Gasteiger partial charge in [0.1, 0.15) is 0 Å². The van der Waals surface area contributed by atoms with Crippen LogP contribution in [0, 0.1) is 0 Å². The molecule has 0 radical (unpaired) electrons. The second-order valence-corrected chi connectivity index (χ2v) is 7.18. The van der Waals surface area contributed by atoms with Crippen molar-refractivity contribution >= 4 is 6.03 Å². The largest absolute Gasteiger partial charge is 0.377 e. The van der Waals surface area contributed by atoms with Gasteiger partial charge in [-0.1, -0.05) is 5.21 Å². The molecule has 3 fully saturated rings. The number of carbonyl (C=O) groups excluding carboxylic acids is 1. The smallest absolute Gasteiger partial charge is 0.318 e. The Balaban J connectivity index is 1.37. The van der Waals surface area contributed by atoms with Crippen LogP contribution in [0.1, 0.15) is 32.2 Å². The number of hydrogen-bond donors (Lipinski definition) is 1. The number of rotatable bonds is 3. The fourth-order valence-corrected chi connectivity index (χ4v) is 4.23. The Morgan fingerprint density at radius 1 is 1.29 bits per heavy atom. The topological polar surface area (TPSA) is 75.5 Å². The first-order chi connectivity index (χ1) is 11.7. The molecule has 3 aliphatic heterocycles. The summed E-state index contributed by atoms with van der Waals surface area (Å²) in [6, 6.07) is 0.771. The molecule has 24 heavy (non-hydrogen) atoms. The molecule has 0 aliphatic carbocycles. The Bertz CT molecular complexity index is 559. The highest BCUT2D eigenvalue weighted by Gasteiger charge is 2.39. The van der Waals surface area contributed by atoms with Crippen molar-refractivity contribution in [1.29, 1.82) is 0 Å². The molecule has 2 unspecified atom stereocenters. The van der Waals surface area contributed by atoms with Gasteiger partial charge in [0.2, 0.25) is 0 Å². The average molecular weight is 334 g/mol. The van der Waals surface area contributed by atoms with Gasteiger partial charge in [0.15, 0.2) is 0 Å². The summed E-state index contributed by atoms with van der Waals surface area (Å²) in [6.07, 6.45) is 7.12. The van der Waals surface area contributed by atoms with E-state index in [1.807, 2.05) is 11.1 Å². The number of aromatic nitrogens is 3. The average Bonchev–Trinajstić information content (AvgIpc) is 3.34. The molecule has 1 aromatic rings. The number of ether oxygens (including phenoxy) is 1. The molecule has 3 saturated heterocycles. The van der Waals surface area contributed by atoms with E-state index in [0.717, 1.165) is 13.0 Å². The minimum Gasteiger partial charge on any atom is -0.377 e. The van der Waals surface area contributed by atoms with Crippen LogP contribution in [0.5, 0.6) is 0 Å². The van der Waals surface area contributed by atoms with Crippen LogP contribution in [0.15, 0.2) is 12.4 Å². The van der Waals surface area contributed by atoms with Gasteiger partial charge in [-0.15, -0.1) is 5.10 Å². The van der Waals surface area contributed by atoms with E-state index in [9.17, 15) is 4.79 Å². The molecule has 4 rings (SSSR count). The van der Waals surface area contributed by atoms with Crippen molar-refractivity contribution < 1.29 is 9.53 Å². The van der Waals surface area contributed by atoms with Crippen LogP contribution in [0.4, 0.5) is 4.79 Å². The first kappa shape index (κ1) is 15.8. The maximum absolute atomic E-state index is 12.8. The van der Waals surface area contributed by atoms with Crippen molar-refractivity contribution in [3.63, 3.8) is 0 Å². The van der Waals surface area contributed by atoms with Gasteiger partial charge in [-0.2, -0.15) is 0 Å². The Hall–Kier alpha value is -1.67. The van der Waals surface area contributed by atoms with Crippen LogP contribution >= 0.6 is 0 Å². The van der Waals surface area contributed by atoms with E-state index in [0.29, 0.717) is 19.3 Å². The van der Waals surface area contributed by atoms with Gasteiger partial charge in [0.25, 0.3) is 0 Å². The fourth-order valence-electron chi connectivity index (χ4n) is 4.23. The number of nitrogens with zero attached hydrogens (tertiary/aromatic N) is 5. The molecule has 1 N–H and O–H groups in total. The lowest BCUT2D eigenvalue weighted by Crippen LogP contribution is -2.49. The minimum absolute atomic E-state index is 0.0174. The number of amides is 2. The van der Waals surface area contributed by atoms with Crippen molar-refractivity contribution in [3.8, 4) is 0 Å². The molecule has 3 aliphatic rings. The third-order valence-corrected chi connectivity index (χ3v) is 5.61. The lowest BCUT2D eigenvalue weighted by molar-refractivity contribution is 0.173. The van der Waals surface area contributed by atoms with E-state index in [4.69, 9.17) is 4.74 Å². The molecule has 1 aromatic heterocycles. The molecule has 0 aromatic carbocycles. The summed E-state index contributed by atoms with van der Waals surface area (Å²) in [6.45, 7) is 6.41. The normalized spacial score (nSPS) is 34.1. The highest BCUT2D eigenvalue weighted by Crippen LogP contribution is 2.26. The van der Waals surface area contributed by atoms with Crippen molar-refractivity contribution in [2.45, 2.75) is 50.4 Å². The van der Waals surface area contributed by atoms with Gasteiger partial charge in [0, 0.05) is 24.8 Å². The van der Waals surface area contributed by atoms with Crippen LogP contribution in [0.3, 0.4) is 0 Å². The maximum Gasteiger partial charge on any atom is 0.318 e. The van der Waals surface area contributed by atoms with Crippen LogP contribution in [0.25, 0.3) is 0 Å². The van der Waals surface area contributed by atoms with Crippen molar-refractivity contribution in [3.05, 3.63) is 12.4 Å². The SMILES string of the molecule is CC1CC(N2CCCC2)CN1C(=O)N[C@H]1COC[C@H]1n1ccnn1. The van der Waals surface area contributed by atoms with Crippen molar-refractivity contribution in [1.82, 2.24) is 30.1 Å². The number of nitrogens with one attached hydrogen (secondary N) is 1. The molecule has 132 valence electrons. The number of urea groups is 1. The fraction of sp³-hybridized carbons (Fsp3) is 0.812. The zero-order valence-corrected chi connectivity index (χ0v) is 14.2. The molecular weight excluding hydrogens is 308 g/mol. The quantitative estimate of drug-likeness (QED) is 0.870. The lowest BCUT2D eigenvalue weighted by atomic mass is 10.1. The van der Waals surface area contributed by atoms with Crippen LogP contribution in [-0.4, -0.2) is 81.8 Å². The first-order valence-corrected chi connectivity index (χ1v) is 8.97. The molecule has 2 amide bonds. The molecular formula is C16H26N6O2. The zero-order valence-electron chi connectivity index (χ0n) is 14.2. The summed E-state index contributed by atoms with van der Waals surface area (Å²) in [5.74, 6) is 0. The van der Waals surface area contributed by atoms with Crippen LogP contribution < -0.4 is 5.32 Å². The van der Waals surface area contributed by atoms with E-state index in [1.54, 1.807) is 10.9 Å². The zero-order chi connectivity index (χ0) is 16.5. The van der Waals surface area contributed by atoms with Gasteiger partial charge in [-0.3, -0.25) is 4.90 Å². The maximum atomic E-state index is 12.8.